The molecule has 0 aromatic rings. The van der Waals surface area contributed by atoms with Crippen LogP contribution >= 0.6 is 0 Å². The number of carbonyl (C=O) groups is 2. The highest BCUT2D eigenvalue weighted by molar-refractivity contribution is 6.77. The summed E-state index contributed by atoms with van der Waals surface area (Å²) in [7, 11) is -2.15. The van der Waals surface area contributed by atoms with Crippen LogP contribution < -0.4 is 5.32 Å². The van der Waals surface area contributed by atoms with Crippen molar-refractivity contribution in [3.05, 3.63) is 11.8 Å². The molecule has 0 aromatic carbocycles. The molecule has 27 heavy (non-hydrogen) atoms. The number of amides is 1. The van der Waals surface area contributed by atoms with Crippen LogP contribution in [0.1, 0.15) is 67.7 Å². The summed E-state index contributed by atoms with van der Waals surface area (Å²) in [6.45, 7) is 15.3. The van der Waals surface area contributed by atoms with Gasteiger partial charge in [-0.05, 0) is 42.0 Å². The molecule has 154 valence electrons. The standard InChI is InChI=1S/C21H37NO4Si/c1-8-15(21(24)25)18-19-16(22-20(18)23)10-9-11-17(19)26-27(12(2)3,13(4)5)14(6)7/h11-16,18-19H,8-10H2,1-7H3,(H,22,23)(H,24,25)/t15?,16-,18-,19-/m1/s1. The number of carboxylic acid groups (broad SMARTS) is 1. The van der Waals surface area contributed by atoms with E-state index in [1.807, 2.05) is 6.92 Å². The summed E-state index contributed by atoms with van der Waals surface area (Å²) in [4.78, 5) is 24.5. The molecule has 0 saturated carbocycles. The summed E-state index contributed by atoms with van der Waals surface area (Å²) in [5, 5.41) is 12.8. The van der Waals surface area contributed by atoms with Gasteiger partial charge < -0.3 is 14.8 Å². The van der Waals surface area contributed by atoms with Crippen LogP contribution in [0.2, 0.25) is 16.6 Å². The summed E-state index contributed by atoms with van der Waals surface area (Å²) in [5.74, 6) is -1.49. The number of fused-ring (bicyclic) bond motifs is 1. The molecular weight excluding hydrogens is 358 g/mol. The molecule has 1 fully saturated rings. The Kier molecular flexibility index (Phi) is 6.82. The molecule has 0 bridgehead atoms. The van der Waals surface area contributed by atoms with Crippen LogP contribution in [0, 0.1) is 17.8 Å². The third-order valence-corrected chi connectivity index (χ3v) is 12.8. The lowest BCUT2D eigenvalue weighted by atomic mass is 9.75. The molecule has 1 saturated heterocycles. The number of hydrogen-bond donors (Lipinski definition) is 2. The minimum atomic E-state index is -2.15. The molecule has 1 amide bonds. The Morgan fingerprint density at radius 3 is 2.22 bits per heavy atom. The van der Waals surface area contributed by atoms with Gasteiger partial charge in [0, 0.05) is 12.0 Å². The fourth-order valence-corrected chi connectivity index (χ4v) is 11.0. The van der Waals surface area contributed by atoms with E-state index in [1.165, 1.54) is 0 Å². The van der Waals surface area contributed by atoms with Gasteiger partial charge in [-0.25, -0.2) is 0 Å². The smallest absolute Gasteiger partial charge is 0.307 e. The normalized spacial score (nSPS) is 26.8. The molecule has 1 aliphatic heterocycles. The maximum absolute atomic E-state index is 12.7. The molecule has 1 heterocycles. The Balaban J connectivity index is 2.45. The highest BCUT2D eigenvalue weighted by Gasteiger charge is 2.54. The Morgan fingerprint density at radius 1 is 1.22 bits per heavy atom. The van der Waals surface area contributed by atoms with Gasteiger partial charge in [0.2, 0.25) is 5.91 Å². The number of allylic oxidation sites excluding steroid dienone is 1. The molecule has 0 spiro atoms. The number of nitrogens with one attached hydrogen (secondary N) is 1. The molecular formula is C21H37NO4Si. The SMILES string of the molecule is CCC(C(=O)O)[C@H]1C(=O)N[C@@H]2CCC=C(O[Si](C(C)C)(C(C)C)C(C)C)[C@H]12. The second-order valence-corrected chi connectivity index (χ2v) is 14.5. The second-order valence-electron chi connectivity index (χ2n) is 9.12. The minimum absolute atomic E-state index is 0.00548. The number of carboxylic acids is 1. The molecule has 2 N–H and O–H groups in total. The van der Waals surface area contributed by atoms with Crippen molar-refractivity contribution in [1.82, 2.24) is 5.32 Å². The van der Waals surface area contributed by atoms with Gasteiger partial charge in [0.05, 0.1) is 17.6 Å². The van der Waals surface area contributed by atoms with Crippen LogP contribution in [0.3, 0.4) is 0 Å². The van der Waals surface area contributed by atoms with E-state index in [4.69, 9.17) is 4.43 Å². The number of aliphatic carboxylic acids is 1. The minimum Gasteiger partial charge on any atom is -0.546 e. The maximum Gasteiger partial charge on any atom is 0.307 e. The average Bonchev–Trinajstić information content (AvgIpc) is 2.89. The fourth-order valence-electron chi connectivity index (χ4n) is 5.63. The van der Waals surface area contributed by atoms with Gasteiger partial charge in [0.15, 0.2) is 0 Å². The van der Waals surface area contributed by atoms with Crippen molar-refractivity contribution in [2.24, 2.45) is 17.8 Å². The molecule has 1 aliphatic carbocycles. The summed E-state index contributed by atoms with van der Waals surface area (Å²) in [6, 6.07) is -0.00548. The topological polar surface area (TPSA) is 75.6 Å². The van der Waals surface area contributed by atoms with Crippen molar-refractivity contribution >= 4 is 20.2 Å². The van der Waals surface area contributed by atoms with Crippen molar-refractivity contribution in [2.75, 3.05) is 0 Å². The van der Waals surface area contributed by atoms with E-state index in [1.54, 1.807) is 0 Å². The predicted octanol–water partition coefficient (Wildman–Crippen LogP) is 4.70. The Hall–Kier alpha value is -1.30. The highest BCUT2D eigenvalue weighted by atomic mass is 28.4. The largest absolute Gasteiger partial charge is 0.546 e. The van der Waals surface area contributed by atoms with Crippen molar-refractivity contribution in [3.8, 4) is 0 Å². The highest BCUT2D eigenvalue weighted by Crippen LogP contribution is 2.48. The van der Waals surface area contributed by atoms with Crippen molar-refractivity contribution in [2.45, 2.75) is 90.4 Å². The van der Waals surface area contributed by atoms with Crippen LogP contribution in [0.5, 0.6) is 0 Å². The molecule has 4 atom stereocenters. The maximum atomic E-state index is 12.7. The molecule has 1 unspecified atom stereocenters. The lowest BCUT2D eigenvalue weighted by molar-refractivity contribution is -0.147. The van der Waals surface area contributed by atoms with Gasteiger partial charge >= 0.3 is 5.97 Å². The van der Waals surface area contributed by atoms with Gasteiger partial charge in [-0.1, -0.05) is 48.5 Å². The molecule has 0 aromatic heterocycles. The molecule has 2 aliphatic rings. The Labute approximate surface area is 165 Å². The summed E-state index contributed by atoms with van der Waals surface area (Å²) >= 11 is 0. The summed E-state index contributed by atoms with van der Waals surface area (Å²) in [5.41, 5.74) is 1.30. The van der Waals surface area contributed by atoms with Crippen LogP contribution in [0.25, 0.3) is 0 Å². The molecule has 2 rings (SSSR count). The monoisotopic (exact) mass is 395 g/mol. The first-order valence-electron chi connectivity index (χ1n) is 10.5. The first-order valence-corrected chi connectivity index (χ1v) is 12.6. The second kappa shape index (κ2) is 8.37. The van der Waals surface area contributed by atoms with Gasteiger partial charge in [0.1, 0.15) is 0 Å². The molecule has 5 nitrogen and oxygen atoms in total. The van der Waals surface area contributed by atoms with Crippen LogP contribution in [0.4, 0.5) is 0 Å². The quantitative estimate of drug-likeness (QED) is 0.584. The zero-order valence-corrected chi connectivity index (χ0v) is 18.9. The van der Waals surface area contributed by atoms with Crippen molar-refractivity contribution in [3.63, 3.8) is 0 Å². The van der Waals surface area contributed by atoms with Gasteiger partial charge in [-0.3, -0.25) is 9.59 Å². The van der Waals surface area contributed by atoms with Crippen molar-refractivity contribution < 1.29 is 19.1 Å². The first kappa shape index (κ1) is 22.0. The zero-order chi connectivity index (χ0) is 20.5. The van der Waals surface area contributed by atoms with Gasteiger partial charge in [-0.15, -0.1) is 0 Å². The average molecular weight is 396 g/mol. The van der Waals surface area contributed by atoms with E-state index >= 15 is 0 Å². The van der Waals surface area contributed by atoms with Crippen molar-refractivity contribution in [1.29, 1.82) is 0 Å². The van der Waals surface area contributed by atoms with E-state index in [9.17, 15) is 14.7 Å². The fraction of sp³-hybridized carbons (Fsp3) is 0.810. The Morgan fingerprint density at radius 2 is 1.78 bits per heavy atom. The third kappa shape index (κ3) is 3.82. The van der Waals surface area contributed by atoms with Crippen LogP contribution in [-0.4, -0.2) is 31.3 Å². The molecule has 6 heteroatoms. The predicted molar refractivity (Wildman–Crippen MR) is 110 cm³/mol. The van der Waals surface area contributed by atoms with E-state index in [0.29, 0.717) is 23.0 Å². The number of carbonyl (C=O) groups excluding carboxylic acids is 1. The van der Waals surface area contributed by atoms with Gasteiger partial charge in [0.25, 0.3) is 8.32 Å². The van der Waals surface area contributed by atoms with Gasteiger partial charge in [-0.2, -0.15) is 0 Å². The van der Waals surface area contributed by atoms with E-state index in [-0.39, 0.29) is 17.9 Å². The molecule has 0 radical (unpaired) electrons. The van der Waals surface area contributed by atoms with E-state index in [0.717, 1.165) is 18.6 Å². The third-order valence-electron chi connectivity index (χ3n) is 6.79. The Bertz CT molecular complexity index is 577. The van der Waals surface area contributed by atoms with Crippen LogP contribution in [0.15, 0.2) is 11.8 Å². The first-order chi connectivity index (χ1) is 12.6. The zero-order valence-electron chi connectivity index (χ0n) is 17.9. The summed E-state index contributed by atoms with van der Waals surface area (Å²) in [6.07, 6.45) is 4.31. The van der Waals surface area contributed by atoms with E-state index < -0.39 is 26.1 Å². The summed E-state index contributed by atoms with van der Waals surface area (Å²) < 4.78 is 6.95. The lowest BCUT2D eigenvalue weighted by Gasteiger charge is -2.45. The lowest BCUT2D eigenvalue weighted by Crippen LogP contribution is -2.49. The number of rotatable bonds is 8. The van der Waals surface area contributed by atoms with E-state index in [2.05, 4.69) is 52.9 Å². The van der Waals surface area contributed by atoms with Crippen LogP contribution in [-0.2, 0) is 14.0 Å². The number of hydrogen-bond acceptors (Lipinski definition) is 3.